The number of aliphatic hydroxyl groups is 4. The van der Waals surface area contributed by atoms with E-state index in [1.54, 1.807) is 6.92 Å². The Kier molecular flexibility index (Phi) is 19.5. The van der Waals surface area contributed by atoms with Gasteiger partial charge in [0, 0.05) is 6.42 Å². The van der Waals surface area contributed by atoms with Crippen molar-refractivity contribution in [1.29, 1.82) is 0 Å². The quantitative estimate of drug-likeness (QED) is 0.111. The largest absolute Gasteiger partial charge is 0.463 e. The molecule has 1 rings (SSSR count). The van der Waals surface area contributed by atoms with Crippen LogP contribution in [-0.2, 0) is 19.0 Å². The minimum absolute atomic E-state index is 0.244. The first-order valence-electron chi connectivity index (χ1n) is 13.8. The van der Waals surface area contributed by atoms with E-state index < -0.39 is 42.8 Å². The average molecular weight is 537 g/mol. The normalized spacial score (nSPS) is 25.5. The lowest BCUT2D eigenvalue weighted by Gasteiger charge is -2.40. The molecule has 1 heterocycles. The molecule has 1 fully saturated rings. The third-order valence-electron chi connectivity index (χ3n) is 5.87. The maximum absolute atomic E-state index is 11.9. The minimum Gasteiger partial charge on any atom is -0.463 e. The van der Waals surface area contributed by atoms with Gasteiger partial charge in [-0.25, -0.2) is 0 Å². The number of hydrogen-bond acceptors (Lipinski definition) is 8. The van der Waals surface area contributed by atoms with E-state index in [1.165, 1.54) is 0 Å². The van der Waals surface area contributed by atoms with Crippen LogP contribution in [0.4, 0.5) is 0 Å². The number of ether oxygens (including phenoxy) is 3. The molecule has 0 bridgehead atoms. The predicted octanol–water partition coefficient (Wildman–Crippen LogP) is 4.05. The fourth-order valence-electron chi connectivity index (χ4n) is 3.64. The molecule has 0 spiro atoms. The molecule has 6 atom stereocenters. The summed E-state index contributed by atoms with van der Waals surface area (Å²) >= 11 is 0. The lowest BCUT2D eigenvalue weighted by Crippen LogP contribution is -2.58. The van der Waals surface area contributed by atoms with Gasteiger partial charge in [-0.3, -0.25) is 4.79 Å². The molecule has 8 nitrogen and oxygen atoms in total. The Hall–Kier alpha value is -2.07. The SMILES string of the molecule is CC/C=C\C/C=C\C/C=C\C/C=C\C/C=C\CCCC(=O)OCC(O)COC1OC(CC)C(O)C(O)C1O. The Morgan fingerprint density at radius 1 is 0.789 bits per heavy atom. The zero-order valence-electron chi connectivity index (χ0n) is 22.9. The Balaban J connectivity index is 2.06. The van der Waals surface area contributed by atoms with Crippen molar-refractivity contribution >= 4 is 5.97 Å². The van der Waals surface area contributed by atoms with Crippen molar-refractivity contribution in [1.82, 2.24) is 0 Å². The Morgan fingerprint density at radius 2 is 1.34 bits per heavy atom. The van der Waals surface area contributed by atoms with Crippen LogP contribution in [0.25, 0.3) is 0 Å². The summed E-state index contributed by atoms with van der Waals surface area (Å²) in [5, 5.41) is 39.7. The second-order valence-electron chi connectivity index (χ2n) is 9.19. The first-order chi connectivity index (χ1) is 18.4. The highest BCUT2D eigenvalue weighted by Crippen LogP contribution is 2.24. The van der Waals surface area contributed by atoms with Gasteiger partial charge in [0.15, 0.2) is 6.29 Å². The standard InChI is InChI=1S/C30H48O8/c1-3-5-6-7-8-9-10-11-12-13-14-15-16-17-18-19-20-21-26(32)36-22-24(31)23-37-30-29(35)28(34)27(33)25(4-2)38-30/h5-6,8-9,11-12,14-15,17-18,24-25,27-31,33-35H,3-4,7,10,13,16,19-23H2,1-2H3/b6-5-,9-8-,12-11-,15-14-,18-17-. The third kappa shape index (κ3) is 15.4. The summed E-state index contributed by atoms with van der Waals surface area (Å²) in [6, 6.07) is 0. The van der Waals surface area contributed by atoms with Crippen molar-refractivity contribution in [2.45, 2.75) is 108 Å². The summed E-state index contributed by atoms with van der Waals surface area (Å²) in [6.45, 7) is 3.40. The zero-order chi connectivity index (χ0) is 28.0. The lowest BCUT2D eigenvalue weighted by atomic mass is 9.97. The topological polar surface area (TPSA) is 126 Å². The van der Waals surface area contributed by atoms with Crippen LogP contribution in [0.3, 0.4) is 0 Å². The fourth-order valence-corrected chi connectivity index (χ4v) is 3.64. The number of carbonyl (C=O) groups excluding carboxylic acids is 1. The predicted molar refractivity (Wildman–Crippen MR) is 148 cm³/mol. The van der Waals surface area contributed by atoms with Crippen LogP contribution in [0.15, 0.2) is 60.8 Å². The van der Waals surface area contributed by atoms with Gasteiger partial charge in [0.1, 0.15) is 31.0 Å². The number of hydrogen-bond donors (Lipinski definition) is 4. The van der Waals surface area contributed by atoms with Crippen LogP contribution < -0.4 is 0 Å². The second kappa shape index (κ2) is 21.8. The van der Waals surface area contributed by atoms with Gasteiger partial charge in [-0.2, -0.15) is 0 Å². The molecule has 0 radical (unpaired) electrons. The molecule has 216 valence electrons. The number of allylic oxidation sites excluding steroid dienone is 10. The number of carbonyl (C=O) groups is 1. The van der Waals surface area contributed by atoms with Crippen molar-refractivity contribution in [2.75, 3.05) is 13.2 Å². The summed E-state index contributed by atoms with van der Waals surface area (Å²) in [4.78, 5) is 11.9. The maximum atomic E-state index is 11.9. The highest BCUT2D eigenvalue weighted by molar-refractivity contribution is 5.69. The first-order valence-corrected chi connectivity index (χ1v) is 13.8. The summed E-state index contributed by atoms with van der Waals surface area (Å²) in [6.07, 6.45) is 21.2. The summed E-state index contributed by atoms with van der Waals surface area (Å²) in [5.74, 6) is -0.407. The molecule has 0 aromatic rings. The van der Waals surface area contributed by atoms with Gasteiger partial charge >= 0.3 is 5.97 Å². The van der Waals surface area contributed by atoms with Crippen LogP contribution >= 0.6 is 0 Å². The molecule has 8 heteroatoms. The highest BCUT2D eigenvalue weighted by atomic mass is 16.7. The number of aliphatic hydroxyl groups excluding tert-OH is 4. The smallest absolute Gasteiger partial charge is 0.305 e. The van der Waals surface area contributed by atoms with Crippen molar-refractivity contribution in [3.05, 3.63) is 60.8 Å². The monoisotopic (exact) mass is 536 g/mol. The summed E-state index contributed by atoms with van der Waals surface area (Å²) in [7, 11) is 0. The number of esters is 1. The van der Waals surface area contributed by atoms with Gasteiger partial charge in [0.2, 0.25) is 0 Å². The third-order valence-corrected chi connectivity index (χ3v) is 5.87. The van der Waals surface area contributed by atoms with Crippen LogP contribution in [-0.4, -0.2) is 76.4 Å². The Bertz CT molecular complexity index is 755. The van der Waals surface area contributed by atoms with Crippen LogP contribution in [0, 0.1) is 0 Å². The van der Waals surface area contributed by atoms with E-state index in [2.05, 4.69) is 61.6 Å². The van der Waals surface area contributed by atoms with E-state index in [-0.39, 0.29) is 19.6 Å². The van der Waals surface area contributed by atoms with E-state index in [1.807, 2.05) is 6.08 Å². The Labute approximate surface area is 228 Å². The molecule has 4 N–H and O–H groups in total. The molecule has 0 aromatic carbocycles. The molecular weight excluding hydrogens is 488 g/mol. The van der Waals surface area contributed by atoms with Gasteiger partial charge in [0.25, 0.3) is 0 Å². The first kappa shape index (κ1) is 34.0. The van der Waals surface area contributed by atoms with E-state index in [0.717, 1.165) is 38.5 Å². The summed E-state index contributed by atoms with van der Waals surface area (Å²) in [5.41, 5.74) is 0. The van der Waals surface area contributed by atoms with E-state index in [4.69, 9.17) is 14.2 Å². The molecule has 0 aromatic heterocycles. The molecule has 1 aliphatic rings. The average Bonchev–Trinajstić information content (AvgIpc) is 2.92. The lowest BCUT2D eigenvalue weighted by molar-refractivity contribution is -0.301. The van der Waals surface area contributed by atoms with Gasteiger partial charge < -0.3 is 34.6 Å². The molecular formula is C30H48O8. The number of rotatable bonds is 19. The van der Waals surface area contributed by atoms with Crippen molar-refractivity contribution in [3.63, 3.8) is 0 Å². The van der Waals surface area contributed by atoms with Crippen molar-refractivity contribution < 1.29 is 39.4 Å². The maximum Gasteiger partial charge on any atom is 0.305 e. The fraction of sp³-hybridized carbons (Fsp3) is 0.633. The van der Waals surface area contributed by atoms with Crippen LogP contribution in [0.5, 0.6) is 0 Å². The molecule has 0 saturated carbocycles. The van der Waals surface area contributed by atoms with E-state index in [0.29, 0.717) is 12.8 Å². The van der Waals surface area contributed by atoms with Gasteiger partial charge in [-0.1, -0.05) is 74.6 Å². The Morgan fingerprint density at radius 3 is 1.89 bits per heavy atom. The number of unbranched alkanes of at least 4 members (excludes halogenated alkanes) is 1. The molecule has 0 aliphatic carbocycles. The molecule has 1 saturated heterocycles. The van der Waals surface area contributed by atoms with E-state index in [9.17, 15) is 25.2 Å². The molecule has 1 aliphatic heterocycles. The molecule has 38 heavy (non-hydrogen) atoms. The van der Waals surface area contributed by atoms with Gasteiger partial charge in [-0.15, -0.1) is 0 Å². The van der Waals surface area contributed by atoms with Crippen molar-refractivity contribution in [3.8, 4) is 0 Å². The van der Waals surface area contributed by atoms with Crippen molar-refractivity contribution in [2.24, 2.45) is 0 Å². The minimum atomic E-state index is -1.45. The van der Waals surface area contributed by atoms with Gasteiger partial charge in [0.05, 0.1) is 12.7 Å². The second-order valence-corrected chi connectivity index (χ2v) is 9.19. The van der Waals surface area contributed by atoms with Gasteiger partial charge in [-0.05, 0) is 51.4 Å². The van der Waals surface area contributed by atoms with E-state index >= 15 is 0 Å². The van der Waals surface area contributed by atoms with Crippen LogP contribution in [0.1, 0.15) is 71.6 Å². The highest BCUT2D eigenvalue weighted by Gasteiger charge is 2.43. The molecule has 0 amide bonds. The zero-order valence-corrected chi connectivity index (χ0v) is 22.9. The van der Waals surface area contributed by atoms with Crippen LogP contribution in [0.2, 0.25) is 0 Å². The summed E-state index contributed by atoms with van der Waals surface area (Å²) < 4.78 is 15.8. The molecule has 6 unspecified atom stereocenters.